The summed E-state index contributed by atoms with van der Waals surface area (Å²) in [7, 11) is 0. The van der Waals surface area contributed by atoms with Crippen molar-refractivity contribution in [1.82, 2.24) is 15.5 Å². The average molecular weight is 325 g/mol. The van der Waals surface area contributed by atoms with Crippen LogP contribution < -0.4 is 5.32 Å². The highest BCUT2D eigenvalue weighted by Crippen LogP contribution is 2.42. The molecule has 0 aromatic carbocycles. The lowest BCUT2D eigenvalue weighted by Crippen LogP contribution is -2.30. The topological polar surface area (TPSA) is 54.9 Å². The molecule has 1 aliphatic carbocycles. The number of nitrogens with one attached hydrogen (secondary N) is 1. The van der Waals surface area contributed by atoms with E-state index in [0.29, 0.717) is 12.5 Å². The van der Waals surface area contributed by atoms with Gasteiger partial charge in [0, 0.05) is 10.8 Å². The molecule has 20 heavy (non-hydrogen) atoms. The molecule has 1 unspecified atom stereocenters. The molecule has 4 nitrogen and oxygen atoms in total. The Kier molecular flexibility index (Phi) is 4.38. The number of thiophene rings is 1. The van der Waals surface area contributed by atoms with Crippen LogP contribution in [0, 0.1) is 0 Å². The minimum absolute atomic E-state index is 0.0478. The first-order valence-electron chi connectivity index (χ1n) is 6.52. The van der Waals surface area contributed by atoms with E-state index < -0.39 is 0 Å². The maximum absolute atomic E-state index is 12.0. The van der Waals surface area contributed by atoms with E-state index in [1.165, 1.54) is 29.5 Å². The lowest BCUT2D eigenvalue weighted by molar-refractivity contribution is -0.120. The van der Waals surface area contributed by atoms with Crippen LogP contribution in [-0.2, 0) is 11.3 Å². The molecule has 7 heteroatoms. The third-order valence-electron chi connectivity index (χ3n) is 3.01. The van der Waals surface area contributed by atoms with Gasteiger partial charge in [0.2, 0.25) is 5.91 Å². The molecule has 0 radical (unpaired) electrons. The van der Waals surface area contributed by atoms with Gasteiger partial charge in [0.25, 0.3) is 0 Å². The van der Waals surface area contributed by atoms with Gasteiger partial charge in [-0.1, -0.05) is 29.2 Å². The molecule has 2 heterocycles. The Morgan fingerprint density at radius 3 is 3.10 bits per heavy atom. The largest absolute Gasteiger partial charge is 0.350 e. The zero-order chi connectivity index (χ0) is 13.9. The number of aromatic nitrogens is 2. The fourth-order valence-electron chi connectivity index (χ4n) is 1.70. The first-order valence-corrected chi connectivity index (χ1v) is 9.10. The second kappa shape index (κ2) is 6.24. The van der Waals surface area contributed by atoms with Crippen LogP contribution in [0.4, 0.5) is 0 Å². The SMILES string of the molecule is CC(Sc1nnc(C2CC2)s1)C(=O)NCc1cccs1. The summed E-state index contributed by atoms with van der Waals surface area (Å²) < 4.78 is 0.894. The Hall–Kier alpha value is -0.920. The van der Waals surface area contributed by atoms with Crippen LogP contribution in [0.5, 0.6) is 0 Å². The predicted molar refractivity (Wildman–Crippen MR) is 83.4 cm³/mol. The number of hydrogen-bond donors (Lipinski definition) is 1. The van der Waals surface area contributed by atoms with Gasteiger partial charge in [-0.05, 0) is 31.2 Å². The Labute approximate surface area is 130 Å². The number of carbonyl (C=O) groups is 1. The van der Waals surface area contributed by atoms with Crippen molar-refractivity contribution in [3.63, 3.8) is 0 Å². The first-order chi connectivity index (χ1) is 9.72. The summed E-state index contributed by atoms with van der Waals surface area (Å²) in [5.41, 5.74) is 0. The molecule has 1 atom stereocenters. The van der Waals surface area contributed by atoms with Crippen LogP contribution in [0.25, 0.3) is 0 Å². The number of nitrogens with zero attached hydrogens (tertiary/aromatic N) is 2. The number of hydrogen-bond acceptors (Lipinski definition) is 6. The van der Waals surface area contributed by atoms with E-state index in [1.807, 2.05) is 24.4 Å². The van der Waals surface area contributed by atoms with Crippen LogP contribution in [0.3, 0.4) is 0 Å². The number of thioether (sulfide) groups is 1. The van der Waals surface area contributed by atoms with E-state index in [0.717, 1.165) is 9.35 Å². The van der Waals surface area contributed by atoms with Crippen molar-refractivity contribution >= 4 is 40.3 Å². The lowest BCUT2D eigenvalue weighted by Gasteiger charge is -2.09. The number of rotatable bonds is 6. The van der Waals surface area contributed by atoms with Gasteiger partial charge in [-0.15, -0.1) is 21.5 Å². The zero-order valence-corrected chi connectivity index (χ0v) is 13.5. The van der Waals surface area contributed by atoms with E-state index in [9.17, 15) is 4.79 Å². The molecule has 2 aromatic rings. The van der Waals surface area contributed by atoms with Crippen LogP contribution in [-0.4, -0.2) is 21.4 Å². The molecule has 0 saturated heterocycles. The van der Waals surface area contributed by atoms with Gasteiger partial charge in [0.15, 0.2) is 4.34 Å². The summed E-state index contributed by atoms with van der Waals surface area (Å²) in [6.45, 7) is 2.51. The highest BCUT2D eigenvalue weighted by molar-refractivity contribution is 8.02. The molecule has 1 amide bonds. The van der Waals surface area contributed by atoms with Crippen LogP contribution >= 0.6 is 34.4 Å². The van der Waals surface area contributed by atoms with Gasteiger partial charge >= 0.3 is 0 Å². The molecule has 0 spiro atoms. The summed E-state index contributed by atoms with van der Waals surface area (Å²) in [6, 6.07) is 4.01. The Morgan fingerprint density at radius 1 is 1.55 bits per heavy atom. The maximum atomic E-state index is 12.0. The van der Waals surface area contributed by atoms with E-state index in [2.05, 4.69) is 15.5 Å². The highest BCUT2D eigenvalue weighted by Gasteiger charge is 2.28. The molecular weight excluding hydrogens is 310 g/mol. The van der Waals surface area contributed by atoms with E-state index >= 15 is 0 Å². The van der Waals surface area contributed by atoms with Crippen LogP contribution in [0.2, 0.25) is 0 Å². The minimum Gasteiger partial charge on any atom is -0.350 e. The van der Waals surface area contributed by atoms with E-state index in [1.54, 1.807) is 22.7 Å². The van der Waals surface area contributed by atoms with Crippen molar-refractivity contribution in [2.75, 3.05) is 0 Å². The zero-order valence-electron chi connectivity index (χ0n) is 11.0. The standard InChI is InChI=1S/C13H15N3OS3/c1-8(11(17)14-7-10-3-2-6-18-10)19-13-16-15-12(20-13)9-4-5-9/h2-3,6,8-9H,4-5,7H2,1H3,(H,14,17). The summed E-state index contributed by atoms with van der Waals surface area (Å²) in [6.07, 6.45) is 2.46. The van der Waals surface area contributed by atoms with Gasteiger partial charge in [-0.25, -0.2) is 0 Å². The highest BCUT2D eigenvalue weighted by atomic mass is 32.2. The maximum Gasteiger partial charge on any atom is 0.233 e. The third kappa shape index (κ3) is 3.59. The Morgan fingerprint density at radius 2 is 2.40 bits per heavy atom. The molecular formula is C13H15N3OS3. The molecule has 1 N–H and O–H groups in total. The van der Waals surface area contributed by atoms with Gasteiger partial charge in [0.1, 0.15) is 5.01 Å². The summed E-state index contributed by atoms with van der Waals surface area (Å²) in [5.74, 6) is 0.677. The van der Waals surface area contributed by atoms with Crippen molar-refractivity contribution in [2.24, 2.45) is 0 Å². The lowest BCUT2D eigenvalue weighted by atomic mass is 10.4. The molecule has 106 valence electrons. The second-order valence-corrected chi connectivity index (χ2v) is 8.37. The van der Waals surface area contributed by atoms with Crippen molar-refractivity contribution in [2.45, 2.75) is 41.8 Å². The van der Waals surface area contributed by atoms with Gasteiger partial charge in [-0.3, -0.25) is 4.79 Å². The van der Waals surface area contributed by atoms with Crippen molar-refractivity contribution in [1.29, 1.82) is 0 Å². The fourth-order valence-corrected chi connectivity index (χ4v) is 4.55. The average Bonchev–Trinajstić information content (AvgIpc) is 2.98. The molecule has 1 aliphatic rings. The monoisotopic (exact) mass is 325 g/mol. The van der Waals surface area contributed by atoms with Crippen LogP contribution in [0.1, 0.15) is 35.6 Å². The number of amides is 1. The molecule has 1 saturated carbocycles. The summed E-state index contributed by atoms with van der Waals surface area (Å²) in [5, 5.41) is 14.3. The van der Waals surface area contributed by atoms with Crippen molar-refractivity contribution in [3.05, 3.63) is 27.4 Å². The van der Waals surface area contributed by atoms with Gasteiger partial charge in [0.05, 0.1) is 11.8 Å². The second-order valence-electron chi connectivity index (χ2n) is 4.74. The summed E-state index contributed by atoms with van der Waals surface area (Å²) >= 11 is 4.77. The van der Waals surface area contributed by atoms with E-state index in [-0.39, 0.29) is 11.2 Å². The molecule has 0 bridgehead atoms. The Balaban J connectivity index is 1.49. The predicted octanol–water partition coefficient (Wildman–Crippen LogP) is 3.27. The molecule has 1 fully saturated rings. The van der Waals surface area contributed by atoms with Crippen LogP contribution in [0.15, 0.2) is 21.9 Å². The molecule has 3 rings (SSSR count). The first kappa shape index (κ1) is 14.0. The van der Waals surface area contributed by atoms with Crippen molar-refractivity contribution < 1.29 is 4.79 Å². The van der Waals surface area contributed by atoms with Gasteiger partial charge in [-0.2, -0.15) is 0 Å². The van der Waals surface area contributed by atoms with Crippen molar-refractivity contribution in [3.8, 4) is 0 Å². The normalized spacial score (nSPS) is 16.1. The number of carbonyl (C=O) groups excluding carboxylic acids is 1. The Bertz CT molecular complexity index is 577. The quantitative estimate of drug-likeness (QED) is 0.828. The molecule has 2 aromatic heterocycles. The smallest absolute Gasteiger partial charge is 0.233 e. The fraction of sp³-hybridized carbons (Fsp3) is 0.462. The summed E-state index contributed by atoms with van der Waals surface area (Å²) in [4.78, 5) is 13.2. The van der Waals surface area contributed by atoms with E-state index in [4.69, 9.17) is 0 Å². The van der Waals surface area contributed by atoms with Gasteiger partial charge < -0.3 is 5.32 Å². The molecule has 0 aliphatic heterocycles. The third-order valence-corrected chi connectivity index (χ3v) is 6.16. The minimum atomic E-state index is -0.144.